The minimum Gasteiger partial charge on any atom is -0.491 e. The lowest BCUT2D eigenvalue weighted by Gasteiger charge is -2.13. The van der Waals surface area contributed by atoms with E-state index in [0.29, 0.717) is 12.8 Å². The largest absolute Gasteiger partial charge is 0.491 e. The van der Waals surface area contributed by atoms with Crippen molar-refractivity contribution in [3.63, 3.8) is 0 Å². The van der Waals surface area contributed by atoms with Crippen molar-refractivity contribution in [3.05, 3.63) is 76.9 Å². The van der Waals surface area contributed by atoms with Crippen LogP contribution in [0.1, 0.15) is 53.0 Å². The molecule has 0 spiro atoms. The molecular weight excluding hydrogens is 386 g/mol. The molecule has 170 valence electrons. The third-order valence-electron chi connectivity index (χ3n) is 4.23. The van der Waals surface area contributed by atoms with E-state index in [4.69, 9.17) is 27.0 Å². The van der Waals surface area contributed by atoms with Crippen LogP contribution in [0, 0.1) is 17.7 Å². The predicted octanol–water partition coefficient (Wildman–Crippen LogP) is 5.78. The number of rotatable bonds is 10. The Labute approximate surface area is 187 Å². The summed E-state index contributed by atoms with van der Waals surface area (Å²) in [6.07, 6.45) is 9.76. The molecule has 0 aliphatic rings. The van der Waals surface area contributed by atoms with Crippen LogP contribution < -0.4 is 16.8 Å². The third kappa shape index (κ3) is 11.5. The average Bonchev–Trinajstić information content (AvgIpc) is 2.72. The standard InChI is InChI=1S/C16H27N3O.C9H12N2/c1-6-14(20-11(3)4)9-12(5)8-13(10-17)15(7-2)16(18)19;1-8-4-2-3-5-9(8)11-7-6-10/h6,9-11,17H,7-8H2,1-5H3,(H3,18,19);2-7,11H,10H2,1H3/b12-9-,14-6+,15-13+,17-10?;7-6-. The van der Waals surface area contributed by atoms with Crippen molar-refractivity contribution in [2.24, 2.45) is 11.5 Å². The monoisotopic (exact) mass is 425 g/mol. The van der Waals surface area contributed by atoms with Crippen LogP contribution in [0.5, 0.6) is 0 Å². The van der Waals surface area contributed by atoms with Crippen LogP contribution in [0.2, 0.25) is 0 Å². The smallest absolute Gasteiger partial charge is 0.118 e. The molecule has 0 bridgehead atoms. The Morgan fingerprint density at radius 1 is 1.26 bits per heavy atom. The number of nitrogens with two attached hydrogens (primary N) is 2. The van der Waals surface area contributed by atoms with Gasteiger partial charge in [-0.25, -0.2) is 0 Å². The molecule has 6 nitrogen and oxygen atoms in total. The van der Waals surface area contributed by atoms with Gasteiger partial charge in [0.1, 0.15) is 11.6 Å². The van der Waals surface area contributed by atoms with Crippen LogP contribution in [0.3, 0.4) is 0 Å². The van der Waals surface area contributed by atoms with Gasteiger partial charge in [-0.2, -0.15) is 0 Å². The van der Waals surface area contributed by atoms with Crippen molar-refractivity contribution in [2.75, 3.05) is 5.32 Å². The van der Waals surface area contributed by atoms with E-state index in [1.165, 1.54) is 18.0 Å². The molecule has 6 heteroatoms. The molecule has 0 heterocycles. The van der Waals surface area contributed by atoms with Crippen LogP contribution in [-0.4, -0.2) is 18.2 Å². The highest BCUT2D eigenvalue weighted by atomic mass is 16.5. The molecular formula is C25H39N5O. The van der Waals surface area contributed by atoms with Gasteiger partial charge in [-0.15, -0.1) is 0 Å². The van der Waals surface area contributed by atoms with Gasteiger partial charge in [0.15, 0.2) is 0 Å². The number of aryl methyl sites for hydroxylation is 1. The second kappa shape index (κ2) is 15.5. The van der Waals surface area contributed by atoms with Crippen molar-refractivity contribution >= 4 is 17.7 Å². The van der Waals surface area contributed by atoms with Crippen LogP contribution in [-0.2, 0) is 4.74 Å². The van der Waals surface area contributed by atoms with Gasteiger partial charge < -0.3 is 26.9 Å². The first-order valence-electron chi connectivity index (χ1n) is 10.5. The Kier molecular flexibility index (Phi) is 13.9. The molecule has 31 heavy (non-hydrogen) atoms. The Balaban J connectivity index is 0.000000683. The molecule has 0 saturated heterocycles. The number of nitrogens with one attached hydrogen (secondary N) is 3. The Morgan fingerprint density at radius 3 is 2.35 bits per heavy atom. The first-order valence-corrected chi connectivity index (χ1v) is 10.5. The number of para-hydroxylation sites is 1. The van der Waals surface area contributed by atoms with E-state index >= 15 is 0 Å². The number of hydrogen-bond acceptors (Lipinski definition) is 5. The highest BCUT2D eigenvalue weighted by Gasteiger charge is 2.07. The number of benzene rings is 1. The SMILES string of the molecule is C/C=C(\C=C(\C)C/C(C=N)=C(/CC)C(=N)N)OC(C)C.Cc1ccccc1N/C=C\N. The van der Waals surface area contributed by atoms with Crippen LogP contribution in [0.4, 0.5) is 5.69 Å². The van der Waals surface area contributed by atoms with Crippen molar-refractivity contribution in [3.8, 4) is 0 Å². The van der Waals surface area contributed by atoms with Gasteiger partial charge in [-0.05, 0) is 82.4 Å². The van der Waals surface area contributed by atoms with E-state index in [-0.39, 0.29) is 11.9 Å². The van der Waals surface area contributed by atoms with Crippen LogP contribution in [0.15, 0.2) is 71.3 Å². The number of anilines is 1. The fourth-order valence-electron chi connectivity index (χ4n) is 2.76. The lowest BCUT2D eigenvalue weighted by molar-refractivity contribution is 0.157. The number of hydrogen-bond donors (Lipinski definition) is 5. The summed E-state index contributed by atoms with van der Waals surface area (Å²) in [6.45, 7) is 11.9. The van der Waals surface area contributed by atoms with Gasteiger partial charge in [0.25, 0.3) is 0 Å². The zero-order valence-electron chi connectivity index (χ0n) is 19.8. The number of amidine groups is 1. The molecule has 0 fully saturated rings. The Hall–Kier alpha value is -3.28. The first-order chi connectivity index (χ1) is 14.7. The number of ether oxygens (including phenoxy) is 1. The van der Waals surface area contributed by atoms with E-state index in [9.17, 15) is 0 Å². The lowest BCUT2D eigenvalue weighted by Crippen LogP contribution is -2.15. The van der Waals surface area contributed by atoms with Crippen LogP contribution >= 0.6 is 0 Å². The summed E-state index contributed by atoms with van der Waals surface area (Å²) >= 11 is 0. The summed E-state index contributed by atoms with van der Waals surface area (Å²) in [7, 11) is 0. The summed E-state index contributed by atoms with van der Waals surface area (Å²) in [5.41, 5.74) is 15.6. The molecule has 1 aromatic rings. The second-order valence-electron chi connectivity index (χ2n) is 7.26. The van der Waals surface area contributed by atoms with E-state index in [2.05, 4.69) is 5.32 Å². The third-order valence-corrected chi connectivity index (χ3v) is 4.23. The van der Waals surface area contributed by atoms with Gasteiger partial charge in [-0.1, -0.05) is 30.7 Å². The van der Waals surface area contributed by atoms with Gasteiger partial charge in [0, 0.05) is 24.3 Å². The zero-order chi connectivity index (χ0) is 23.8. The summed E-state index contributed by atoms with van der Waals surface area (Å²) in [5.74, 6) is 0.867. The van der Waals surface area contributed by atoms with Gasteiger partial charge in [0.2, 0.25) is 0 Å². The summed E-state index contributed by atoms with van der Waals surface area (Å²) in [4.78, 5) is 0. The van der Waals surface area contributed by atoms with Gasteiger partial charge in [-0.3, -0.25) is 5.41 Å². The highest BCUT2D eigenvalue weighted by Crippen LogP contribution is 2.18. The van der Waals surface area contributed by atoms with Gasteiger partial charge >= 0.3 is 0 Å². The summed E-state index contributed by atoms with van der Waals surface area (Å²) < 4.78 is 5.66. The fourth-order valence-corrected chi connectivity index (χ4v) is 2.76. The Bertz CT molecular complexity index is 832. The fraction of sp³-hybridized carbons (Fsp3) is 0.360. The second-order valence-corrected chi connectivity index (χ2v) is 7.26. The zero-order valence-corrected chi connectivity index (χ0v) is 19.8. The van der Waals surface area contributed by atoms with E-state index in [1.807, 2.05) is 78.0 Å². The maximum Gasteiger partial charge on any atom is 0.118 e. The topological polar surface area (TPSA) is 121 Å². The maximum absolute atomic E-state index is 7.56. The normalized spacial score (nSPS) is 12.7. The lowest BCUT2D eigenvalue weighted by atomic mass is 9.98. The summed E-state index contributed by atoms with van der Waals surface area (Å²) in [6, 6.07) is 8.05. The molecule has 0 aliphatic heterocycles. The molecule has 0 unspecified atom stereocenters. The molecule has 7 N–H and O–H groups in total. The molecule has 0 amide bonds. The predicted molar refractivity (Wildman–Crippen MR) is 134 cm³/mol. The molecule has 0 aromatic heterocycles. The molecule has 1 aromatic carbocycles. The van der Waals surface area contributed by atoms with Crippen molar-refractivity contribution in [1.29, 1.82) is 10.8 Å². The van der Waals surface area contributed by atoms with Crippen molar-refractivity contribution in [1.82, 2.24) is 0 Å². The van der Waals surface area contributed by atoms with E-state index < -0.39 is 0 Å². The van der Waals surface area contributed by atoms with E-state index in [0.717, 1.165) is 28.2 Å². The number of allylic oxidation sites excluding steroid dienone is 4. The van der Waals surface area contributed by atoms with Crippen molar-refractivity contribution < 1.29 is 4.74 Å². The Morgan fingerprint density at radius 2 is 1.90 bits per heavy atom. The quantitative estimate of drug-likeness (QED) is 0.141. The van der Waals surface area contributed by atoms with Gasteiger partial charge in [0.05, 0.1) is 6.10 Å². The van der Waals surface area contributed by atoms with Crippen LogP contribution in [0.25, 0.3) is 0 Å². The molecule has 0 atom stereocenters. The highest BCUT2D eigenvalue weighted by molar-refractivity contribution is 6.00. The molecule has 0 aliphatic carbocycles. The van der Waals surface area contributed by atoms with E-state index in [1.54, 1.807) is 6.20 Å². The minimum atomic E-state index is 0.0449. The maximum atomic E-state index is 7.56. The first kappa shape index (κ1) is 27.7. The molecule has 0 saturated carbocycles. The summed E-state index contributed by atoms with van der Waals surface area (Å²) in [5, 5.41) is 18.1. The minimum absolute atomic E-state index is 0.0449. The average molecular weight is 426 g/mol. The van der Waals surface area contributed by atoms with Crippen molar-refractivity contribution in [2.45, 2.75) is 60.5 Å². The molecule has 1 rings (SSSR count). The molecule has 0 radical (unpaired) electrons.